The van der Waals surface area contributed by atoms with Gasteiger partial charge in [0.15, 0.2) is 0 Å². The lowest BCUT2D eigenvalue weighted by Gasteiger charge is -2.19. The molecule has 1 aromatic carbocycles. The zero-order valence-corrected chi connectivity index (χ0v) is 13.3. The van der Waals surface area contributed by atoms with Crippen LogP contribution < -0.4 is 16.0 Å². The number of hydrogen-bond acceptors (Lipinski definition) is 3. The second-order valence-electron chi connectivity index (χ2n) is 5.68. The second-order valence-corrected chi connectivity index (χ2v) is 5.68. The van der Waals surface area contributed by atoms with Crippen LogP contribution in [0.2, 0.25) is 0 Å². The van der Waals surface area contributed by atoms with Crippen molar-refractivity contribution in [3.05, 3.63) is 30.3 Å². The molecule has 1 rings (SSSR count). The van der Waals surface area contributed by atoms with Gasteiger partial charge in [0, 0.05) is 32.2 Å². The van der Waals surface area contributed by atoms with Crippen molar-refractivity contribution in [1.82, 2.24) is 5.32 Å². The molecule has 4 heteroatoms. The molecule has 1 unspecified atom stereocenters. The Labute approximate surface area is 128 Å². The quantitative estimate of drug-likeness (QED) is 0.651. The molecule has 21 heavy (non-hydrogen) atoms. The van der Waals surface area contributed by atoms with E-state index in [1.54, 1.807) is 0 Å². The van der Waals surface area contributed by atoms with Gasteiger partial charge >= 0.3 is 0 Å². The third kappa shape index (κ3) is 7.71. The molecule has 1 aromatic rings. The number of para-hydroxylation sites is 1. The van der Waals surface area contributed by atoms with E-state index in [1.807, 2.05) is 18.2 Å². The van der Waals surface area contributed by atoms with Crippen LogP contribution in [0.15, 0.2) is 30.3 Å². The molecule has 0 bridgehead atoms. The number of benzene rings is 1. The Kier molecular flexibility index (Phi) is 8.51. The fourth-order valence-electron chi connectivity index (χ4n) is 2.25. The highest BCUT2D eigenvalue weighted by Crippen LogP contribution is 2.11. The normalized spacial score (nSPS) is 12.0. The molecule has 118 valence electrons. The summed E-state index contributed by atoms with van der Waals surface area (Å²) >= 11 is 0. The zero-order chi connectivity index (χ0) is 15.5. The van der Waals surface area contributed by atoms with Crippen molar-refractivity contribution >= 4 is 11.6 Å². The van der Waals surface area contributed by atoms with Gasteiger partial charge in [-0.1, -0.05) is 25.1 Å². The number of rotatable bonds is 10. The third-order valence-corrected chi connectivity index (χ3v) is 3.71. The van der Waals surface area contributed by atoms with E-state index in [2.05, 4.69) is 36.3 Å². The smallest absolute Gasteiger partial charge is 0.220 e. The molecule has 0 saturated heterocycles. The largest absolute Gasteiger partial charge is 0.375 e. The summed E-state index contributed by atoms with van der Waals surface area (Å²) in [6.07, 6.45) is 3.48. The number of carbonyl (C=O) groups excluding carboxylic acids is 1. The first-order valence-corrected chi connectivity index (χ1v) is 7.86. The second kappa shape index (κ2) is 10.2. The van der Waals surface area contributed by atoms with Gasteiger partial charge in [0.2, 0.25) is 5.91 Å². The van der Waals surface area contributed by atoms with Gasteiger partial charge < -0.3 is 16.0 Å². The van der Waals surface area contributed by atoms with Crippen LogP contribution in [0.4, 0.5) is 5.69 Å². The van der Waals surface area contributed by atoms with Gasteiger partial charge in [-0.2, -0.15) is 0 Å². The van der Waals surface area contributed by atoms with Gasteiger partial charge in [0.1, 0.15) is 0 Å². The summed E-state index contributed by atoms with van der Waals surface area (Å²) in [6.45, 7) is 4.53. The van der Waals surface area contributed by atoms with E-state index >= 15 is 0 Å². The van der Waals surface area contributed by atoms with E-state index in [0.717, 1.165) is 32.4 Å². The summed E-state index contributed by atoms with van der Waals surface area (Å²) in [6, 6.07) is 10.3. The fraction of sp³-hybridized carbons (Fsp3) is 0.588. The maximum atomic E-state index is 11.7. The average molecular weight is 291 g/mol. The van der Waals surface area contributed by atoms with E-state index in [0.29, 0.717) is 18.9 Å². The van der Waals surface area contributed by atoms with Crippen molar-refractivity contribution in [2.45, 2.75) is 32.6 Å². The Morgan fingerprint density at radius 3 is 2.67 bits per heavy atom. The number of anilines is 1. The molecule has 0 heterocycles. The summed E-state index contributed by atoms with van der Waals surface area (Å²) in [5, 5.41) is 2.99. The average Bonchev–Trinajstić information content (AvgIpc) is 2.50. The molecule has 0 saturated carbocycles. The van der Waals surface area contributed by atoms with Crippen molar-refractivity contribution in [3.8, 4) is 0 Å². The highest BCUT2D eigenvalue weighted by molar-refractivity contribution is 5.75. The summed E-state index contributed by atoms with van der Waals surface area (Å²) in [5.74, 6) is 0.686. The van der Waals surface area contributed by atoms with E-state index in [4.69, 9.17) is 5.73 Å². The van der Waals surface area contributed by atoms with E-state index in [1.165, 1.54) is 5.69 Å². The highest BCUT2D eigenvalue weighted by Gasteiger charge is 2.06. The van der Waals surface area contributed by atoms with Gasteiger partial charge in [0.25, 0.3) is 0 Å². The summed E-state index contributed by atoms with van der Waals surface area (Å²) in [4.78, 5) is 13.9. The molecule has 4 nitrogen and oxygen atoms in total. The molecule has 1 amide bonds. The molecule has 0 aliphatic carbocycles. The molecule has 0 aliphatic heterocycles. The number of carbonyl (C=O) groups is 1. The zero-order valence-electron chi connectivity index (χ0n) is 13.3. The van der Waals surface area contributed by atoms with Crippen molar-refractivity contribution < 1.29 is 4.79 Å². The molecular formula is C17H29N3O. The first-order chi connectivity index (χ1) is 10.1. The molecule has 0 fully saturated rings. The van der Waals surface area contributed by atoms with Gasteiger partial charge in [-0.3, -0.25) is 4.79 Å². The number of amides is 1. The standard InChI is InChI=1S/C17H29N3O/c1-15(11-12-18)9-10-17(21)19-13-6-14-20(2)16-7-4-3-5-8-16/h3-5,7-8,15H,6,9-14,18H2,1-2H3,(H,19,21). The summed E-state index contributed by atoms with van der Waals surface area (Å²) < 4.78 is 0. The van der Waals surface area contributed by atoms with E-state index in [9.17, 15) is 4.79 Å². The monoisotopic (exact) mass is 291 g/mol. The fourth-order valence-corrected chi connectivity index (χ4v) is 2.25. The van der Waals surface area contributed by atoms with Crippen molar-refractivity contribution in [1.29, 1.82) is 0 Å². The Morgan fingerprint density at radius 1 is 1.29 bits per heavy atom. The maximum Gasteiger partial charge on any atom is 0.220 e. The van der Waals surface area contributed by atoms with Gasteiger partial charge in [0.05, 0.1) is 0 Å². The van der Waals surface area contributed by atoms with Crippen LogP contribution >= 0.6 is 0 Å². The SMILES string of the molecule is CC(CCN)CCC(=O)NCCCN(C)c1ccccc1. The first kappa shape index (κ1) is 17.5. The molecule has 3 N–H and O–H groups in total. The molecule has 0 aromatic heterocycles. The number of nitrogens with zero attached hydrogens (tertiary/aromatic N) is 1. The Bertz CT molecular complexity index is 394. The van der Waals surface area contributed by atoms with Crippen LogP contribution in [0.3, 0.4) is 0 Å². The van der Waals surface area contributed by atoms with Crippen LogP contribution in [-0.4, -0.2) is 32.6 Å². The van der Waals surface area contributed by atoms with E-state index < -0.39 is 0 Å². The van der Waals surface area contributed by atoms with Crippen molar-refractivity contribution in [3.63, 3.8) is 0 Å². The van der Waals surface area contributed by atoms with Crippen molar-refractivity contribution in [2.75, 3.05) is 31.6 Å². The molecular weight excluding hydrogens is 262 g/mol. The van der Waals surface area contributed by atoms with E-state index in [-0.39, 0.29) is 5.91 Å². The van der Waals surface area contributed by atoms with Crippen LogP contribution in [0.5, 0.6) is 0 Å². The molecule has 0 radical (unpaired) electrons. The van der Waals surface area contributed by atoms with Crippen LogP contribution in [0.1, 0.15) is 32.6 Å². The van der Waals surface area contributed by atoms with Crippen LogP contribution in [0, 0.1) is 5.92 Å². The van der Waals surface area contributed by atoms with Crippen LogP contribution in [-0.2, 0) is 4.79 Å². The lowest BCUT2D eigenvalue weighted by molar-refractivity contribution is -0.121. The van der Waals surface area contributed by atoms with Gasteiger partial charge in [-0.05, 0) is 43.9 Å². The molecule has 0 aliphatic rings. The Hall–Kier alpha value is -1.55. The molecule has 1 atom stereocenters. The van der Waals surface area contributed by atoms with Gasteiger partial charge in [-0.25, -0.2) is 0 Å². The topological polar surface area (TPSA) is 58.4 Å². The van der Waals surface area contributed by atoms with Crippen LogP contribution in [0.25, 0.3) is 0 Å². The summed E-state index contributed by atoms with van der Waals surface area (Å²) in [7, 11) is 2.08. The lowest BCUT2D eigenvalue weighted by Crippen LogP contribution is -2.28. The highest BCUT2D eigenvalue weighted by atomic mass is 16.1. The minimum Gasteiger partial charge on any atom is -0.375 e. The number of nitrogens with one attached hydrogen (secondary N) is 1. The van der Waals surface area contributed by atoms with Crippen molar-refractivity contribution in [2.24, 2.45) is 11.7 Å². The first-order valence-electron chi connectivity index (χ1n) is 7.86. The predicted octanol–water partition coefficient (Wildman–Crippen LogP) is 2.39. The minimum absolute atomic E-state index is 0.154. The lowest BCUT2D eigenvalue weighted by atomic mass is 10.0. The predicted molar refractivity (Wildman–Crippen MR) is 89.4 cm³/mol. The Morgan fingerprint density at radius 2 is 2.00 bits per heavy atom. The van der Waals surface area contributed by atoms with Gasteiger partial charge in [-0.15, -0.1) is 0 Å². The third-order valence-electron chi connectivity index (χ3n) is 3.71. The summed E-state index contributed by atoms with van der Waals surface area (Å²) in [5.41, 5.74) is 6.71. The Balaban J connectivity index is 2.09. The number of nitrogens with two attached hydrogens (primary N) is 1. The minimum atomic E-state index is 0.154. The number of hydrogen-bond donors (Lipinski definition) is 2. The maximum absolute atomic E-state index is 11.7. The molecule has 0 spiro atoms.